The largest absolute Gasteiger partial charge is 0.322 e. The van der Waals surface area contributed by atoms with Gasteiger partial charge in [0.05, 0.1) is 21.9 Å². The number of amides is 2. The van der Waals surface area contributed by atoms with E-state index in [4.69, 9.17) is 5.14 Å². The van der Waals surface area contributed by atoms with Crippen molar-refractivity contribution in [1.29, 1.82) is 0 Å². The van der Waals surface area contributed by atoms with Gasteiger partial charge in [-0.1, -0.05) is 30.3 Å². The molecule has 0 bridgehead atoms. The maximum atomic E-state index is 12.6. The lowest BCUT2D eigenvalue weighted by Gasteiger charge is -2.11. The van der Waals surface area contributed by atoms with Crippen molar-refractivity contribution in [3.8, 4) is 0 Å². The van der Waals surface area contributed by atoms with Crippen LogP contribution in [0.25, 0.3) is 0 Å². The molecule has 28 heavy (non-hydrogen) atoms. The molecule has 4 N–H and O–H groups in total. The molecule has 2 amide bonds. The van der Waals surface area contributed by atoms with Gasteiger partial charge >= 0.3 is 0 Å². The zero-order valence-electron chi connectivity index (χ0n) is 14.6. The van der Waals surface area contributed by atoms with Crippen LogP contribution in [0, 0.1) is 0 Å². The van der Waals surface area contributed by atoms with E-state index in [0.717, 1.165) is 0 Å². The number of nitrogens with two attached hydrogens (primary N) is 1. The molecule has 1 heterocycles. The molecule has 0 radical (unpaired) electrons. The number of rotatable bonds is 6. The lowest BCUT2D eigenvalue weighted by molar-refractivity contribution is 0.102. The second-order valence-corrected chi connectivity index (χ2v) is 8.50. The maximum Gasteiger partial charge on any atom is 0.265 e. The van der Waals surface area contributed by atoms with Gasteiger partial charge in [0.25, 0.3) is 11.8 Å². The topological polar surface area (TPSA) is 118 Å². The maximum absolute atomic E-state index is 12.6. The SMILES string of the molecule is NS(=O)(=O)Cc1ccc(NC(=O)c2ccccc2NC(=O)c2cccs2)cc1. The Bertz CT molecular complexity index is 1090. The van der Waals surface area contributed by atoms with Crippen molar-refractivity contribution >= 4 is 44.5 Å². The predicted molar refractivity (Wildman–Crippen MR) is 110 cm³/mol. The molecule has 0 unspecified atom stereocenters. The highest BCUT2D eigenvalue weighted by molar-refractivity contribution is 7.88. The molecule has 0 spiro atoms. The van der Waals surface area contributed by atoms with E-state index < -0.39 is 15.9 Å². The van der Waals surface area contributed by atoms with Crippen molar-refractivity contribution in [3.05, 3.63) is 82.0 Å². The molecule has 0 aliphatic carbocycles. The van der Waals surface area contributed by atoms with Crippen molar-refractivity contribution < 1.29 is 18.0 Å². The molecular weight excluding hydrogens is 398 g/mol. The summed E-state index contributed by atoms with van der Waals surface area (Å²) >= 11 is 1.31. The summed E-state index contributed by atoms with van der Waals surface area (Å²) < 4.78 is 22.3. The van der Waals surface area contributed by atoms with Gasteiger partial charge in [0.2, 0.25) is 10.0 Å². The highest BCUT2D eigenvalue weighted by Gasteiger charge is 2.15. The first-order valence-electron chi connectivity index (χ1n) is 8.16. The summed E-state index contributed by atoms with van der Waals surface area (Å²) in [7, 11) is -3.62. The fraction of sp³-hybridized carbons (Fsp3) is 0.0526. The zero-order valence-corrected chi connectivity index (χ0v) is 16.2. The highest BCUT2D eigenvalue weighted by Crippen LogP contribution is 2.20. The van der Waals surface area contributed by atoms with E-state index in [0.29, 0.717) is 27.4 Å². The number of hydrogen-bond donors (Lipinski definition) is 3. The summed E-state index contributed by atoms with van der Waals surface area (Å²) in [6.07, 6.45) is 0. The van der Waals surface area contributed by atoms with Crippen molar-refractivity contribution in [2.24, 2.45) is 5.14 Å². The van der Waals surface area contributed by atoms with Crippen molar-refractivity contribution in [1.82, 2.24) is 0 Å². The van der Waals surface area contributed by atoms with E-state index in [-0.39, 0.29) is 11.7 Å². The number of carbonyl (C=O) groups excluding carboxylic acids is 2. The normalized spacial score (nSPS) is 11.0. The Kier molecular flexibility index (Phi) is 5.88. The number of thiophene rings is 1. The van der Waals surface area contributed by atoms with Crippen molar-refractivity contribution in [2.45, 2.75) is 5.75 Å². The minimum Gasteiger partial charge on any atom is -0.322 e. The zero-order chi connectivity index (χ0) is 20.1. The average molecular weight is 415 g/mol. The molecular formula is C19H17N3O4S2. The van der Waals surface area contributed by atoms with Crippen LogP contribution in [0.3, 0.4) is 0 Å². The number of nitrogens with one attached hydrogen (secondary N) is 2. The van der Waals surface area contributed by atoms with Gasteiger partial charge in [-0.3, -0.25) is 9.59 Å². The van der Waals surface area contributed by atoms with Gasteiger partial charge in [-0.15, -0.1) is 11.3 Å². The molecule has 0 saturated carbocycles. The second kappa shape index (κ2) is 8.34. The summed E-state index contributed by atoms with van der Waals surface area (Å²) in [5, 5.41) is 12.3. The first-order valence-corrected chi connectivity index (χ1v) is 10.8. The van der Waals surface area contributed by atoms with Crippen LogP contribution in [-0.2, 0) is 15.8 Å². The summed E-state index contributed by atoms with van der Waals surface area (Å²) in [6, 6.07) is 16.5. The third kappa shape index (κ3) is 5.26. The smallest absolute Gasteiger partial charge is 0.265 e. The molecule has 1 aromatic heterocycles. The number of hydrogen-bond acceptors (Lipinski definition) is 5. The monoisotopic (exact) mass is 415 g/mol. The number of benzene rings is 2. The molecule has 0 saturated heterocycles. The molecule has 0 atom stereocenters. The van der Waals surface area contributed by atoms with Crippen LogP contribution < -0.4 is 15.8 Å². The van der Waals surface area contributed by atoms with Gasteiger partial charge in [-0.05, 0) is 41.3 Å². The number of sulfonamides is 1. The first-order chi connectivity index (χ1) is 13.3. The molecule has 0 aliphatic heterocycles. The second-order valence-electron chi connectivity index (χ2n) is 5.94. The summed E-state index contributed by atoms with van der Waals surface area (Å²) in [5.41, 5.74) is 1.71. The molecule has 2 aromatic carbocycles. The first kappa shape index (κ1) is 19.7. The summed E-state index contributed by atoms with van der Waals surface area (Å²) in [6.45, 7) is 0. The van der Waals surface area contributed by atoms with E-state index >= 15 is 0 Å². The van der Waals surface area contributed by atoms with E-state index in [1.807, 2.05) is 0 Å². The standard InChI is InChI=1S/C19H17N3O4S2/c20-28(25,26)12-13-7-9-14(10-8-13)21-18(23)15-4-1-2-5-16(15)22-19(24)17-6-3-11-27-17/h1-11H,12H2,(H,21,23)(H,22,24)(H2,20,25,26). The van der Waals surface area contributed by atoms with Crippen LogP contribution >= 0.6 is 11.3 Å². The molecule has 7 nitrogen and oxygen atoms in total. The van der Waals surface area contributed by atoms with Gasteiger partial charge in [0.1, 0.15) is 0 Å². The fourth-order valence-corrected chi connectivity index (χ4v) is 3.77. The van der Waals surface area contributed by atoms with E-state index in [1.54, 1.807) is 66.0 Å². The fourth-order valence-electron chi connectivity index (χ4n) is 2.50. The van der Waals surface area contributed by atoms with Crippen LogP contribution in [0.5, 0.6) is 0 Å². The third-order valence-electron chi connectivity index (χ3n) is 3.74. The Labute approximate surface area is 166 Å². The molecule has 0 fully saturated rings. The van der Waals surface area contributed by atoms with Crippen LogP contribution in [-0.4, -0.2) is 20.2 Å². The molecule has 3 aromatic rings. The van der Waals surface area contributed by atoms with Crippen molar-refractivity contribution in [3.63, 3.8) is 0 Å². The van der Waals surface area contributed by atoms with Crippen LogP contribution in [0.1, 0.15) is 25.6 Å². The van der Waals surface area contributed by atoms with Crippen LogP contribution in [0.15, 0.2) is 66.0 Å². The van der Waals surface area contributed by atoms with Gasteiger partial charge in [-0.25, -0.2) is 13.6 Å². The van der Waals surface area contributed by atoms with E-state index in [9.17, 15) is 18.0 Å². The Morgan fingerprint density at radius 2 is 1.61 bits per heavy atom. The Morgan fingerprint density at radius 3 is 2.25 bits per heavy atom. The van der Waals surface area contributed by atoms with Crippen LogP contribution in [0.2, 0.25) is 0 Å². The Hall–Kier alpha value is -3.01. The Balaban J connectivity index is 1.73. The highest BCUT2D eigenvalue weighted by atomic mass is 32.2. The molecule has 3 rings (SSSR count). The van der Waals surface area contributed by atoms with Gasteiger partial charge < -0.3 is 10.6 Å². The minimum atomic E-state index is -3.62. The molecule has 0 aliphatic rings. The lowest BCUT2D eigenvalue weighted by Crippen LogP contribution is -2.18. The molecule has 9 heteroatoms. The summed E-state index contributed by atoms with van der Waals surface area (Å²) in [5.74, 6) is -0.970. The number of para-hydroxylation sites is 1. The Morgan fingerprint density at radius 1 is 0.893 bits per heavy atom. The molecule has 144 valence electrons. The minimum absolute atomic E-state index is 0.279. The third-order valence-corrected chi connectivity index (χ3v) is 5.35. The average Bonchev–Trinajstić information content (AvgIpc) is 3.17. The van der Waals surface area contributed by atoms with E-state index in [2.05, 4.69) is 10.6 Å². The summed E-state index contributed by atoms with van der Waals surface area (Å²) in [4.78, 5) is 25.5. The lowest BCUT2D eigenvalue weighted by atomic mass is 10.1. The van der Waals surface area contributed by atoms with Gasteiger partial charge in [0, 0.05) is 5.69 Å². The quantitative estimate of drug-likeness (QED) is 0.573. The van der Waals surface area contributed by atoms with Crippen molar-refractivity contribution in [2.75, 3.05) is 10.6 Å². The predicted octanol–water partition coefficient (Wildman–Crippen LogP) is 3.04. The van der Waals surface area contributed by atoms with Gasteiger partial charge in [0.15, 0.2) is 0 Å². The number of carbonyl (C=O) groups is 2. The van der Waals surface area contributed by atoms with Crippen LogP contribution in [0.4, 0.5) is 11.4 Å². The number of anilines is 2. The van der Waals surface area contributed by atoms with Gasteiger partial charge in [-0.2, -0.15) is 0 Å². The number of primary sulfonamides is 1. The van der Waals surface area contributed by atoms with E-state index in [1.165, 1.54) is 11.3 Å².